The van der Waals surface area contributed by atoms with Crippen LogP contribution in [0.2, 0.25) is 0 Å². The summed E-state index contributed by atoms with van der Waals surface area (Å²) in [5.41, 5.74) is 3.73. The van der Waals surface area contributed by atoms with Crippen LogP contribution in [-0.2, 0) is 6.54 Å². The summed E-state index contributed by atoms with van der Waals surface area (Å²) in [6.45, 7) is 6.37. The summed E-state index contributed by atoms with van der Waals surface area (Å²) in [5.74, 6) is 0.663. The zero-order valence-electron chi connectivity index (χ0n) is 12.9. The zero-order chi connectivity index (χ0) is 15.2. The molecule has 112 valence electrons. The molecule has 2 aromatic rings. The lowest BCUT2D eigenvalue weighted by atomic mass is 10.1. The molecule has 0 spiro atoms. The van der Waals surface area contributed by atoms with Crippen molar-refractivity contribution in [2.24, 2.45) is 5.92 Å². The van der Waals surface area contributed by atoms with Crippen LogP contribution in [0.15, 0.2) is 53.0 Å². The molecule has 0 radical (unpaired) electrons. The van der Waals surface area contributed by atoms with Crippen molar-refractivity contribution in [3.8, 4) is 0 Å². The summed E-state index contributed by atoms with van der Waals surface area (Å²) < 4.78 is 1.10. The quantitative estimate of drug-likeness (QED) is 0.794. The first-order valence-corrected chi connectivity index (χ1v) is 8.15. The molecular weight excluding hydrogens is 324 g/mol. The Hall–Kier alpha value is -1.32. The van der Waals surface area contributed by atoms with E-state index in [1.165, 1.54) is 16.9 Å². The van der Waals surface area contributed by atoms with Crippen molar-refractivity contribution in [1.29, 1.82) is 0 Å². The van der Waals surface area contributed by atoms with Crippen LogP contribution < -0.4 is 10.2 Å². The largest absolute Gasteiger partial charge is 0.344 e. The number of hydrogen-bond donors (Lipinski definition) is 1. The van der Waals surface area contributed by atoms with Crippen molar-refractivity contribution < 1.29 is 0 Å². The lowest BCUT2D eigenvalue weighted by Gasteiger charge is -2.23. The lowest BCUT2D eigenvalue weighted by Crippen LogP contribution is -2.21. The molecule has 0 heterocycles. The predicted octanol–water partition coefficient (Wildman–Crippen LogP) is 4.96. The summed E-state index contributed by atoms with van der Waals surface area (Å²) in [4.78, 5) is 2.23. The third-order valence-corrected chi connectivity index (χ3v) is 3.91. The van der Waals surface area contributed by atoms with E-state index in [1.807, 2.05) is 6.07 Å². The standard InChI is InChI=1S/C18H23BrN2/c1-14(2)12-20-13-15-9-10-16(19)11-18(15)21(3)17-7-5-4-6-8-17/h4-11,14,20H,12-13H2,1-3H3. The summed E-state index contributed by atoms with van der Waals surface area (Å²) in [6.07, 6.45) is 0. The Bertz CT molecular complexity index is 567. The van der Waals surface area contributed by atoms with Gasteiger partial charge >= 0.3 is 0 Å². The van der Waals surface area contributed by atoms with Gasteiger partial charge in [-0.15, -0.1) is 0 Å². The molecule has 0 aliphatic carbocycles. The van der Waals surface area contributed by atoms with Crippen LogP contribution in [0.25, 0.3) is 0 Å². The van der Waals surface area contributed by atoms with E-state index < -0.39 is 0 Å². The second-order valence-electron chi connectivity index (χ2n) is 5.69. The van der Waals surface area contributed by atoms with Crippen molar-refractivity contribution in [2.75, 3.05) is 18.5 Å². The second-order valence-corrected chi connectivity index (χ2v) is 6.61. The van der Waals surface area contributed by atoms with Gasteiger partial charge in [0.05, 0.1) is 0 Å². The summed E-state index contributed by atoms with van der Waals surface area (Å²) in [6, 6.07) is 16.9. The van der Waals surface area contributed by atoms with Gasteiger partial charge in [0.15, 0.2) is 0 Å². The van der Waals surface area contributed by atoms with E-state index in [0.29, 0.717) is 5.92 Å². The number of benzene rings is 2. The fraction of sp³-hybridized carbons (Fsp3) is 0.333. The van der Waals surface area contributed by atoms with E-state index in [9.17, 15) is 0 Å². The lowest BCUT2D eigenvalue weighted by molar-refractivity contribution is 0.552. The minimum absolute atomic E-state index is 0.663. The monoisotopic (exact) mass is 346 g/mol. The molecule has 0 fully saturated rings. The van der Waals surface area contributed by atoms with Crippen LogP contribution >= 0.6 is 15.9 Å². The van der Waals surface area contributed by atoms with Crippen molar-refractivity contribution in [2.45, 2.75) is 20.4 Å². The van der Waals surface area contributed by atoms with Crippen LogP contribution in [0.4, 0.5) is 11.4 Å². The molecule has 2 aromatic carbocycles. The minimum atomic E-state index is 0.663. The number of rotatable bonds is 6. The summed E-state index contributed by atoms with van der Waals surface area (Å²) in [7, 11) is 2.11. The molecule has 0 aliphatic rings. The Balaban J connectivity index is 2.22. The zero-order valence-corrected chi connectivity index (χ0v) is 14.5. The highest BCUT2D eigenvalue weighted by Gasteiger charge is 2.10. The first kappa shape index (κ1) is 16.1. The fourth-order valence-electron chi connectivity index (χ4n) is 2.28. The molecular formula is C18H23BrN2. The molecule has 0 aromatic heterocycles. The maximum atomic E-state index is 3.58. The Morgan fingerprint density at radius 3 is 2.48 bits per heavy atom. The van der Waals surface area contributed by atoms with Crippen LogP contribution in [0.3, 0.4) is 0 Å². The highest BCUT2D eigenvalue weighted by Crippen LogP contribution is 2.29. The average Bonchev–Trinajstić information content (AvgIpc) is 2.48. The summed E-state index contributed by atoms with van der Waals surface area (Å²) in [5, 5.41) is 3.53. The first-order chi connectivity index (χ1) is 10.1. The van der Waals surface area contributed by atoms with Gasteiger partial charge in [0.1, 0.15) is 0 Å². The van der Waals surface area contributed by atoms with E-state index in [4.69, 9.17) is 0 Å². The van der Waals surface area contributed by atoms with Crippen molar-refractivity contribution in [3.05, 3.63) is 58.6 Å². The molecule has 3 heteroatoms. The van der Waals surface area contributed by atoms with Crippen molar-refractivity contribution >= 4 is 27.3 Å². The van der Waals surface area contributed by atoms with Crippen molar-refractivity contribution in [3.63, 3.8) is 0 Å². The van der Waals surface area contributed by atoms with Crippen LogP contribution in [-0.4, -0.2) is 13.6 Å². The number of nitrogens with one attached hydrogen (secondary N) is 1. The topological polar surface area (TPSA) is 15.3 Å². The molecule has 0 saturated carbocycles. The molecule has 21 heavy (non-hydrogen) atoms. The molecule has 2 nitrogen and oxygen atoms in total. The SMILES string of the molecule is CC(C)CNCc1ccc(Br)cc1N(C)c1ccccc1. The van der Waals surface area contributed by atoms with E-state index in [1.54, 1.807) is 0 Å². The maximum Gasteiger partial charge on any atom is 0.0465 e. The highest BCUT2D eigenvalue weighted by atomic mass is 79.9. The fourth-order valence-corrected chi connectivity index (χ4v) is 2.63. The molecule has 1 N–H and O–H groups in total. The van der Waals surface area contributed by atoms with E-state index in [0.717, 1.165) is 17.6 Å². The molecule has 2 rings (SSSR count). The number of anilines is 2. The van der Waals surface area contributed by atoms with Crippen molar-refractivity contribution in [1.82, 2.24) is 5.32 Å². The van der Waals surface area contributed by atoms with Gasteiger partial charge in [-0.25, -0.2) is 0 Å². The summed E-state index contributed by atoms with van der Waals surface area (Å²) >= 11 is 3.58. The Kier molecular flexibility index (Phi) is 5.83. The number of hydrogen-bond acceptors (Lipinski definition) is 2. The van der Waals surface area contributed by atoms with Gasteiger partial charge in [-0.2, -0.15) is 0 Å². The van der Waals surface area contributed by atoms with E-state index >= 15 is 0 Å². The molecule has 0 bridgehead atoms. The van der Waals surface area contributed by atoms with Gasteiger partial charge in [0, 0.05) is 29.4 Å². The van der Waals surface area contributed by atoms with Gasteiger partial charge in [0.25, 0.3) is 0 Å². The van der Waals surface area contributed by atoms with E-state index in [-0.39, 0.29) is 0 Å². The average molecular weight is 347 g/mol. The maximum absolute atomic E-state index is 3.58. The second kappa shape index (κ2) is 7.62. The highest BCUT2D eigenvalue weighted by molar-refractivity contribution is 9.10. The molecule has 0 aliphatic heterocycles. The molecule has 0 amide bonds. The normalized spacial score (nSPS) is 10.9. The number of nitrogens with zero attached hydrogens (tertiary/aromatic N) is 1. The van der Waals surface area contributed by atoms with Gasteiger partial charge in [0.2, 0.25) is 0 Å². The first-order valence-electron chi connectivity index (χ1n) is 7.36. The van der Waals surface area contributed by atoms with Crippen LogP contribution in [0.1, 0.15) is 19.4 Å². The van der Waals surface area contributed by atoms with Crippen LogP contribution in [0, 0.1) is 5.92 Å². The van der Waals surface area contributed by atoms with Gasteiger partial charge in [-0.05, 0) is 42.3 Å². The van der Waals surface area contributed by atoms with Gasteiger partial charge in [-0.1, -0.05) is 54.0 Å². The Morgan fingerprint density at radius 1 is 1.10 bits per heavy atom. The molecule has 0 atom stereocenters. The Labute approximate surface area is 136 Å². The van der Waals surface area contributed by atoms with Crippen LogP contribution in [0.5, 0.6) is 0 Å². The smallest absolute Gasteiger partial charge is 0.0465 e. The number of halogens is 1. The third kappa shape index (κ3) is 4.58. The predicted molar refractivity (Wildman–Crippen MR) is 95.2 cm³/mol. The number of para-hydroxylation sites is 1. The van der Waals surface area contributed by atoms with Gasteiger partial charge in [-0.3, -0.25) is 0 Å². The third-order valence-electron chi connectivity index (χ3n) is 3.42. The van der Waals surface area contributed by atoms with Gasteiger partial charge < -0.3 is 10.2 Å². The molecule has 0 saturated heterocycles. The Morgan fingerprint density at radius 2 is 1.81 bits per heavy atom. The van der Waals surface area contributed by atoms with E-state index in [2.05, 4.69) is 89.5 Å². The minimum Gasteiger partial charge on any atom is -0.344 e. The molecule has 0 unspecified atom stereocenters.